The molecule has 0 aromatic heterocycles. The zero-order chi connectivity index (χ0) is 12.4. The fourth-order valence-electron chi connectivity index (χ4n) is 2.11. The molecule has 1 saturated heterocycles. The topological polar surface area (TPSA) is 32.7 Å². The van der Waals surface area contributed by atoms with Gasteiger partial charge in [-0.15, -0.1) is 0 Å². The number of nitrogens with zero attached hydrogens (tertiary/aromatic N) is 1. The molecule has 2 atom stereocenters. The molecule has 1 N–H and O–H groups in total. The second-order valence-corrected chi connectivity index (χ2v) is 5.36. The van der Waals surface area contributed by atoms with Gasteiger partial charge in [0.1, 0.15) is 0 Å². The zero-order valence-electron chi connectivity index (χ0n) is 10.2. The first kappa shape index (κ1) is 12.9. The van der Waals surface area contributed by atoms with Crippen molar-refractivity contribution < 1.29 is 9.84 Å². The van der Waals surface area contributed by atoms with Gasteiger partial charge in [-0.2, -0.15) is 0 Å². The third kappa shape index (κ3) is 2.81. The first-order valence-electron chi connectivity index (χ1n) is 5.87. The fourth-order valence-corrected chi connectivity index (χ4v) is 2.81. The highest BCUT2D eigenvalue weighted by molar-refractivity contribution is 9.10. The molecule has 0 amide bonds. The van der Waals surface area contributed by atoms with Crippen LogP contribution in [0.15, 0.2) is 22.7 Å². The van der Waals surface area contributed by atoms with Crippen molar-refractivity contribution in [2.75, 3.05) is 25.2 Å². The summed E-state index contributed by atoms with van der Waals surface area (Å²) in [5, 5.41) is 9.58. The number of anilines is 1. The van der Waals surface area contributed by atoms with Gasteiger partial charge >= 0.3 is 0 Å². The van der Waals surface area contributed by atoms with Gasteiger partial charge in [0.05, 0.1) is 18.8 Å². The quantitative estimate of drug-likeness (QED) is 0.931. The number of aliphatic hydroxyl groups excluding tert-OH is 1. The van der Waals surface area contributed by atoms with Gasteiger partial charge in [0.15, 0.2) is 0 Å². The Hall–Kier alpha value is -0.580. The Morgan fingerprint density at radius 1 is 1.53 bits per heavy atom. The average Bonchev–Trinajstić information content (AvgIpc) is 2.80. The molecule has 1 fully saturated rings. The van der Waals surface area contributed by atoms with Crippen LogP contribution in [0.25, 0.3) is 0 Å². The van der Waals surface area contributed by atoms with Crippen molar-refractivity contribution in [3.8, 4) is 0 Å². The number of hydrogen-bond donors (Lipinski definition) is 1. The van der Waals surface area contributed by atoms with E-state index < -0.39 is 6.10 Å². The third-order valence-corrected chi connectivity index (χ3v) is 3.98. The van der Waals surface area contributed by atoms with E-state index in [1.54, 1.807) is 6.92 Å². The van der Waals surface area contributed by atoms with Crippen molar-refractivity contribution >= 4 is 21.6 Å². The summed E-state index contributed by atoms with van der Waals surface area (Å²) in [4.78, 5) is 2.24. The maximum absolute atomic E-state index is 9.58. The van der Waals surface area contributed by atoms with Gasteiger partial charge in [-0.3, -0.25) is 0 Å². The van der Waals surface area contributed by atoms with Gasteiger partial charge in [0.25, 0.3) is 0 Å². The number of rotatable bonds is 3. The summed E-state index contributed by atoms with van der Waals surface area (Å²) in [6, 6.07) is 6.53. The molecule has 4 heteroatoms. The smallest absolute Gasteiger partial charge is 0.0772 e. The van der Waals surface area contributed by atoms with Crippen LogP contribution in [-0.4, -0.2) is 31.4 Å². The zero-order valence-corrected chi connectivity index (χ0v) is 11.8. The number of likely N-dealkylation sites (N-methyl/N-ethyl adjacent to an activating group) is 1. The van der Waals surface area contributed by atoms with Crippen molar-refractivity contribution in [3.63, 3.8) is 0 Å². The van der Waals surface area contributed by atoms with Crippen molar-refractivity contribution in [2.24, 2.45) is 0 Å². The van der Waals surface area contributed by atoms with Crippen LogP contribution >= 0.6 is 15.9 Å². The highest BCUT2D eigenvalue weighted by Gasteiger charge is 2.21. The van der Waals surface area contributed by atoms with E-state index >= 15 is 0 Å². The molecule has 1 aliphatic rings. The Kier molecular flexibility index (Phi) is 4.07. The average molecular weight is 300 g/mol. The molecule has 1 aromatic carbocycles. The van der Waals surface area contributed by atoms with E-state index in [1.165, 1.54) is 0 Å². The molecule has 0 saturated carbocycles. The van der Waals surface area contributed by atoms with Gasteiger partial charge in [0.2, 0.25) is 0 Å². The summed E-state index contributed by atoms with van der Waals surface area (Å²) in [5.41, 5.74) is 2.07. The second kappa shape index (κ2) is 5.38. The van der Waals surface area contributed by atoms with E-state index in [-0.39, 0.29) is 0 Å². The largest absolute Gasteiger partial charge is 0.389 e. The molecular weight excluding hydrogens is 282 g/mol. The van der Waals surface area contributed by atoms with Crippen LogP contribution in [0.2, 0.25) is 0 Å². The monoisotopic (exact) mass is 299 g/mol. The van der Waals surface area contributed by atoms with Gasteiger partial charge < -0.3 is 14.7 Å². The summed E-state index contributed by atoms with van der Waals surface area (Å²) in [7, 11) is 2.09. The molecule has 0 aliphatic carbocycles. The lowest BCUT2D eigenvalue weighted by Crippen LogP contribution is -2.31. The van der Waals surface area contributed by atoms with Crippen LogP contribution in [0.5, 0.6) is 0 Å². The van der Waals surface area contributed by atoms with Gasteiger partial charge in [-0.1, -0.05) is 22.0 Å². The number of halogens is 1. The SMILES string of the molecule is C[C@H](O)c1ccc(N(C)C2CCOC2)cc1Br. The molecule has 0 radical (unpaired) electrons. The molecule has 3 nitrogen and oxygen atoms in total. The predicted octanol–water partition coefficient (Wildman–Crippen LogP) is 2.73. The minimum absolute atomic E-state index is 0.446. The Labute approximate surface area is 111 Å². The van der Waals surface area contributed by atoms with Crippen LogP contribution in [-0.2, 0) is 4.74 Å². The minimum Gasteiger partial charge on any atom is -0.389 e. The molecule has 0 bridgehead atoms. The van der Waals surface area contributed by atoms with Crippen molar-refractivity contribution in [1.29, 1.82) is 0 Å². The van der Waals surface area contributed by atoms with E-state index in [0.717, 1.165) is 35.4 Å². The molecule has 1 heterocycles. The van der Waals surface area contributed by atoms with Crippen LogP contribution in [0.3, 0.4) is 0 Å². The summed E-state index contributed by atoms with van der Waals surface area (Å²) >= 11 is 3.51. The van der Waals surface area contributed by atoms with Gasteiger partial charge in [-0.25, -0.2) is 0 Å². The van der Waals surface area contributed by atoms with Crippen molar-refractivity contribution in [1.82, 2.24) is 0 Å². The van der Waals surface area contributed by atoms with Crippen LogP contribution in [0.4, 0.5) is 5.69 Å². The number of hydrogen-bond acceptors (Lipinski definition) is 3. The molecule has 0 spiro atoms. The third-order valence-electron chi connectivity index (χ3n) is 3.29. The maximum Gasteiger partial charge on any atom is 0.0772 e. The predicted molar refractivity (Wildman–Crippen MR) is 72.4 cm³/mol. The molecule has 1 unspecified atom stereocenters. The van der Waals surface area contributed by atoms with Crippen LogP contribution < -0.4 is 4.90 Å². The van der Waals surface area contributed by atoms with E-state index in [4.69, 9.17) is 4.74 Å². The lowest BCUT2D eigenvalue weighted by molar-refractivity contribution is 0.193. The maximum atomic E-state index is 9.58. The van der Waals surface area contributed by atoms with E-state index in [2.05, 4.69) is 33.9 Å². The van der Waals surface area contributed by atoms with E-state index in [9.17, 15) is 5.11 Å². The molecule has 1 aromatic rings. The fraction of sp³-hybridized carbons (Fsp3) is 0.538. The summed E-state index contributed by atoms with van der Waals surface area (Å²) in [6.45, 7) is 3.42. The number of benzene rings is 1. The van der Waals surface area contributed by atoms with Gasteiger partial charge in [0, 0.05) is 23.8 Å². The highest BCUT2D eigenvalue weighted by Crippen LogP contribution is 2.29. The van der Waals surface area contributed by atoms with Crippen LogP contribution in [0, 0.1) is 0 Å². The second-order valence-electron chi connectivity index (χ2n) is 4.51. The summed E-state index contributed by atoms with van der Waals surface area (Å²) in [6.07, 6.45) is 0.630. The lowest BCUT2D eigenvalue weighted by Gasteiger charge is -2.26. The Morgan fingerprint density at radius 3 is 2.82 bits per heavy atom. The normalized spacial score (nSPS) is 21.5. The molecule has 17 heavy (non-hydrogen) atoms. The molecule has 1 aliphatic heterocycles. The standard InChI is InChI=1S/C13H18BrNO2/c1-9(16)12-4-3-10(7-13(12)14)15(2)11-5-6-17-8-11/h3-4,7,9,11,16H,5-6,8H2,1-2H3/t9-,11?/m0/s1. The molecule has 2 rings (SSSR count). The van der Waals surface area contributed by atoms with E-state index in [1.807, 2.05) is 12.1 Å². The van der Waals surface area contributed by atoms with E-state index in [0.29, 0.717) is 6.04 Å². The van der Waals surface area contributed by atoms with Crippen molar-refractivity contribution in [2.45, 2.75) is 25.5 Å². The van der Waals surface area contributed by atoms with Crippen LogP contribution in [0.1, 0.15) is 25.0 Å². The summed E-state index contributed by atoms with van der Waals surface area (Å²) in [5.74, 6) is 0. The first-order valence-corrected chi connectivity index (χ1v) is 6.67. The highest BCUT2D eigenvalue weighted by atomic mass is 79.9. The van der Waals surface area contributed by atoms with Crippen molar-refractivity contribution in [3.05, 3.63) is 28.2 Å². The Morgan fingerprint density at radius 2 is 2.29 bits per heavy atom. The Balaban J connectivity index is 2.18. The Bertz CT molecular complexity index is 389. The lowest BCUT2D eigenvalue weighted by atomic mass is 10.1. The molecular formula is C13H18BrNO2. The molecule has 94 valence electrons. The number of aliphatic hydroxyl groups is 1. The first-order chi connectivity index (χ1) is 8.09. The summed E-state index contributed by atoms with van der Waals surface area (Å²) < 4.78 is 6.35. The van der Waals surface area contributed by atoms with Gasteiger partial charge in [-0.05, 0) is 31.0 Å². The number of ether oxygens (including phenoxy) is 1. The minimum atomic E-state index is -0.446.